The molecule has 1 unspecified atom stereocenters. The number of benzene rings is 1. The molecule has 0 radical (unpaired) electrons. The number of rotatable bonds is 4. The third-order valence-electron chi connectivity index (χ3n) is 5.17. The van der Waals surface area contributed by atoms with E-state index in [1.807, 2.05) is 12.3 Å². The largest absolute Gasteiger partial charge is 0.313 e. The quantitative estimate of drug-likeness (QED) is 0.885. The van der Waals surface area contributed by atoms with Crippen molar-refractivity contribution in [3.05, 3.63) is 42.1 Å². The predicted octanol–water partition coefficient (Wildman–Crippen LogP) is 4.47. The summed E-state index contributed by atoms with van der Waals surface area (Å²) in [6, 6.07) is 11.3. The van der Waals surface area contributed by atoms with Gasteiger partial charge >= 0.3 is 0 Å². The maximum Gasteiger partial charge on any atom is 0.0705 e. The molecule has 1 atom stereocenters. The molecule has 1 aliphatic carbocycles. The zero-order chi connectivity index (χ0) is 14.0. The number of hydrogen-bond donors (Lipinski definition) is 1. The minimum atomic E-state index is 0.428. The molecule has 3 rings (SSSR count). The van der Waals surface area contributed by atoms with Gasteiger partial charge < -0.3 is 5.32 Å². The van der Waals surface area contributed by atoms with Gasteiger partial charge in [0.25, 0.3) is 0 Å². The fraction of sp³-hybridized carbons (Fsp3) is 0.500. The number of aromatic nitrogens is 1. The maximum absolute atomic E-state index is 4.51. The molecule has 0 aliphatic heterocycles. The number of fused-ring (bicyclic) bond motifs is 1. The Morgan fingerprint density at radius 1 is 1.25 bits per heavy atom. The van der Waals surface area contributed by atoms with Gasteiger partial charge in [0.05, 0.1) is 5.52 Å². The number of hydrogen-bond acceptors (Lipinski definition) is 2. The standard InChI is InChI=1S/C18H24N2/c1-3-18(10-4-5-11-18)17(19-2)15-9-8-14-7-6-12-20-16(14)13-15/h6-9,12-13,17,19H,3-5,10-11H2,1-2H3. The molecule has 1 heterocycles. The van der Waals surface area contributed by atoms with E-state index in [4.69, 9.17) is 0 Å². The highest BCUT2D eigenvalue weighted by Gasteiger charge is 2.39. The smallest absolute Gasteiger partial charge is 0.0705 e. The molecule has 0 bridgehead atoms. The molecule has 1 fully saturated rings. The van der Waals surface area contributed by atoms with Crippen molar-refractivity contribution in [1.29, 1.82) is 0 Å². The first kappa shape index (κ1) is 13.6. The lowest BCUT2D eigenvalue weighted by Gasteiger charge is -2.37. The van der Waals surface area contributed by atoms with E-state index in [0.717, 1.165) is 5.52 Å². The van der Waals surface area contributed by atoms with Crippen molar-refractivity contribution < 1.29 is 0 Å². The second kappa shape index (κ2) is 5.53. The molecule has 1 saturated carbocycles. The Bertz CT molecular complexity index is 585. The van der Waals surface area contributed by atoms with E-state index in [0.29, 0.717) is 11.5 Å². The average Bonchev–Trinajstić information content (AvgIpc) is 2.98. The van der Waals surface area contributed by atoms with Crippen LogP contribution in [0.15, 0.2) is 36.5 Å². The summed E-state index contributed by atoms with van der Waals surface area (Å²) in [4.78, 5) is 4.51. The summed E-state index contributed by atoms with van der Waals surface area (Å²) in [5.74, 6) is 0. The lowest BCUT2D eigenvalue weighted by molar-refractivity contribution is 0.195. The van der Waals surface area contributed by atoms with Crippen LogP contribution in [0.3, 0.4) is 0 Å². The summed E-state index contributed by atoms with van der Waals surface area (Å²) in [6.45, 7) is 2.34. The summed E-state index contributed by atoms with van der Waals surface area (Å²) < 4.78 is 0. The van der Waals surface area contributed by atoms with Gasteiger partial charge in [-0.1, -0.05) is 38.0 Å². The summed E-state index contributed by atoms with van der Waals surface area (Å²) in [7, 11) is 2.10. The highest BCUT2D eigenvalue weighted by atomic mass is 14.9. The van der Waals surface area contributed by atoms with Gasteiger partial charge in [0.1, 0.15) is 0 Å². The van der Waals surface area contributed by atoms with E-state index >= 15 is 0 Å². The molecule has 0 saturated heterocycles. The molecule has 1 aromatic heterocycles. The number of pyridine rings is 1. The van der Waals surface area contributed by atoms with Crippen LogP contribution in [-0.4, -0.2) is 12.0 Å². The summed E-state index contributed by atoms with van der Waals surface area (Å²) in [5.41, 5.74) is 2.92. The van der Waals surface area contributed by atoms with Gasteiger partial charge in [0.2, 0.25) is 0 Å². The van der Waals surface area contributed by atoms with E-state index in [1.54, 1.807) is 0 Å². The second-order valence-corrected chi connectivity index (χ2v) is 6.10. The van der Waals surface area contributed by atoms with Crippen LogP contribution in [0, 0.1) is 5.41 Å². The normalized spacial score (nSPS) is 19.3. The molecule has 2 aromatic rings. The molecule has 1 aliphatic rings. The zero-order valence-electron chi connectivity index (χ0n) is 12.5. The molecule has 106 valence electrons. The topological polar surface area (TPSA) is 24.9 Å². The Labute approximate surface area is 121 Å². The lowest BCUT2D eigenvalue weighted by Crippen LogP contribution is -2.34. The average molecular weight is 268 g/mol. The minimum absolute atomic E-state index is 0.428. The highest BCUT2D eigenvalue weighted by Crippen LogP contribution is 2.50. The molecule has 2 nitrogen and oxygen atoms in total. The van der Waals surface area contributed by atoms with E-state index in [1.165, 1.54) is 43.1 Å². The van der Waals surface area contributed by atoms with E-state index in [2.05, 4.69) is 48.5 Å². The molecular formula is C18H24N2. The SMILES string of the molecule is CCC1(C(NC)c2ccc3cccnc3c2)CCCC1. The molecule has 1 N–H and O–H groups in total. The van der Waals surface area contributed by atoms with Gasteiger partial charge in [-0.25, -0.2) is 0 Å². The minimum Gasteiger partial charge on any atom is -0.313 e. The Morgan fingerprint density at radius 3 is 2.75 bits per heavy atom. The van der Waals surface area contributed by atoms with E-state index in [9.17, 15) is 0 Å². The molecular weight excluding hydrogens is 244 g/mol. The fourth-order valence-corrected chi connectivity index (χ4v) is 4.01. The van der Waals surface area contributed by atoms with Gasteiger partial charge in [-0.15, -0.1) is 0 Å². The van der Waals surface area contributed by atoms with Gasteiger partial charge in [-0.3, -0.25) is 4.98 Å². The van der Waals surface area contributed by atoms with Crippen LogP contribution in [0.1, 0.15) is 50.6 Å². The fourth-order valence-electron chi connectivity index (χ4n) is 4.01. The summed E-state index contributed by atoms with van der Waals surface area (Å²) in [6.07, 6.45) is 8.56. The van der Waals surface area contributed by atoms with Crippen LogP contribution >= 0.6 is 0 Å². The molecule has 0 spiro atoms. The first-order chi connectivity index (χ1) is 9.79. The van der Waals surface area contributed by atoms with Gasteiger partial charge in [0, 0.05) is 17.6 Å². The lowest BCUT2D eigenvalue weighted by atomic mass is 9.73. The second-order valence-electron chi connectivity index (χ2n) is 6.10. The zero-order valence-corrected chi connectivity index (χ0v) is 12.5. The third kappa shape index (κ3) is 2.22. The van der Waals surface area contributed by atoms with Crippen LogP contribution in [0.2, 0.25) is 0 Å². The molecule has 0 amide bonds. The first-order valence-corrected chi connectivity index (χ1v) is 7.81. The first-order valence-electron chi connectivity index (χ1n) is 7.81. The Kier molecular flexibility index (Phi) is 3.75. The van der Waals surface area contributed by atoms with Crippen molar-refractivity contribution in [3.63, 3.8) is 0 Å². The monoisotopic (exact) mass is 268 g/mol. The molecule has 20 heavy (non-hydrogen) atoms. The van der Waals surface area contributed by atoms with Crippen molar-refractivity contribution in [2.24, 2.45) is 5.41 Å². The summed E-state index contributed by atoms with van der Waals surface area (Å²) in [5, 5.41) is 4.81. The van der Waals surface area contributed by atoms with Gasteiger partial charge in [0.15, 0.2) is 0 Å². The Hall–Kier alpha value is -1.41. The molecule has 1 aromatic carbocycles. The van der Waals surface area contributed by atoms with Gasteiger partial charge in [-0.05, 0) is 49.4 Å². The van der Waals surface area contributed by atoms with Crippen LogP contribution in [0.25, 0.3) is 10.9 Å². The number of nitrogens with one attached hydrogen (secondary N) is 1. The maximum atomic E-state index is 4.51. The predicted molar refractivity (Wildman–Crippen MR) is 84.7 cm³/mol. The van der Waals surface area contributed by atoms with Crippen LogP contribution < -0.4 is 5.32 Å². The van der Waals surface area contributed by atoms with Gasteiger partial charge in [-0.2, -0.15) is 0 Å². The Balaban J connectivity index is 2.02. The van der Waals surface area contributed by atoms with Crippen molar-refractivity contribution in [2.75, 3.05) is 7.05 Å². The van der Waals surface area contributed by atoms with Crippen molar-refractivity contribution in [3.8, 4) is 0 Å². The van der Waals surface area contributed by atoms with Crippen molar-refractivity contribution in [2.45, 2.75) is 45.1 Å². The third-order valence-corrected chi connectivity index (χ3v) is 5.17. The van der Waals surface area contributed by atoms with Crippen molar-refractivity contribution >= 4 is 10.9 Å². The Morgan fingerprint density at radius 2 is 2.05 bits per heavy atom. The highest BCUT2D eigenvalue weighted by molar-refractivity contribution is 5.79. The molecule has 2 heteroatoms. The van der Waals surface area contributed by atoms with E-state index < -0.39 is 0 Å². The van der Waals surface area contributed by atoms with E-state index in [-0.39, 0.29) is 0 Å². The van der Waals surface area contributed by atoms with Crippen LogP contribution in [-0.2, 0) is 0 Å². The van der Waals surface area contributed by atoms with Crippen LogP contribution in [0.4, 0.5) is 0 Å². The number of nitrogens with zero attached hydrogens (tertiary/aromatic N) is 1. The van der Waals surface area contributed by atoms with Crippen molar-refractivity contribution in [1.82, 2.24) is 10.3 Å². The summed E-state index contributed by atoms with van der Waals surface area (Å²) >= 11 is 0. The van der Waals surface area contributed by atoms with Crippen LogP contribution in [0.5, 0.6) is 0 Å².